The van der Waals surface area contributed by atoms with Crippen molar-refractivity contribution in [3.8, 4) is 0 Å². The van der Waals surface area contributed by atoms with Crippen molar-refractivity contribution in [2.24, 2.45) is 0 Å². The molecule has 2 unspecified atom stereocenters. The van der Waals surface area contributed by atoms with Crippen molar-refractivity contribution < 1.29 is 9.50 Å². The Morgan fingerprint density at radius 3 is 3.00 bits per heavy atom. The molecule has 16 heavy (non-hydrogen) atoms. The third-order valence-corrected chi connectivity index (χ3v) is 3.39. The Bertz CT molecular complexity index is 346. The molecule has 1 aliphatic heterocycles. The second kappa shape index (κ2) is 5.13. The van der Waals surface area contributed by atoms with E-state index in [0.29, 0.717) is 10.6 Å². The van der Waals surface area contributed by atoms with E-state index in [1.165, 1.54) is 6.07 Å². The molecule has 1 aromatic carbocycles. The van der Waals surface area contributed by atoms with Gasteiger partial charge < -0.3 is 10.4 Å². The maximum Gasteiger partial charge on any atom is 0.127 e. The van der Waals surface area contributed by atoms with Crippen molar-refractivity contribution in [2.75, 3.05) is 6.54 Å². The van der Waals surface area contributed by atoms with Crippen molar-refractivity contribution in [1.82, 2.24) is 5.32 Å². The highest BCUT2D eigenvalue weighted by atomic mass is 35.5. The number of aliphatic hydroxyl groups excluding tert-OH is 1. The standard InChI is InChI=1S/C12H15ClFNO/c13-9-3-1-4-10(14)8(9)7-12(16)11-5-2-6-15-11/h1,3-4,11-12,15-16H,2,5-7H2. The number of hydrogen-bond acceptors (Lipinski definition) is 2. The van der Waals surface area contributed by atoms with Gasteiger partial charge in [-0.1, -0.05) is 17.7 Å². The molecule has 2 N–H and O–H groups in total. The molecule has 0 bridgehead atoms. The third kappa shape index (κ3) is 2.54. The lowest BCUT2D eigenvalue weighted by Crippen LogP contribution is -2.36. The summed E-state index contributed by atoms with van der Waals surface area (Å²) in [6.07, 6.45) is 1.69. The first kappa shape index (κ1) is 11.8. The Morgan fingerprint density at radius 1 is 1.56 bits per heavy atom. The van der Waals surface area contributed by atoms with Gasteiger partial charge in [-0.05, 0) is 31.5 Å². The number of halogens is 2. The quantitative estimate of drug-likeness (QED) is 0.853. The fourth-order valence-corrected chi connectivity index (χ4v) is 2.36. The molecule has 2 nitrogen and oxygen atoms in total. The molecular weight excluding hydrogens is 229 g/mol. The minimum atomic E-state index is -0.572. The fourth-order valence-electron chi connectivity index (χ4n) is 2.12. The summed E-state index contributed by atoms with van der Waals surface area (Å²) < 4.78 is 13.5. The SMILES string of the molecule is OC(Cc1c(F)cccc1Cl)C1CCCN1. The molecular formula is C12H15ClFNO. The zero-order chi connectivity index (χ0) is 11.5. The van der Waals surface area contributed by atoms with E-state index >= 15 is 0 Å². The van der Waals surface area contributed by atoms with Crippen LogP contribution in [0.25, 0.3) is 0 Å². The Hall–Kier alpha value is -0.640. The van der Waals surface area contributed by atoms with Gasteiger partial charge in [0.1, 0.15) is 5.82 Å². The fraction of sp³-hybridized carbons (Fsp3) is 0.500. The second-order valence-corrected chi connectivity index (χ2v) is 4.58. The van der Waals surface area contributed by atoms with Crippen LogP contribution in [0.1, 0.15) is 18.4 Å². The highest BCUT2D eigenvalue weighted by molar-refractivity contribution is 6.31. The van der Waals surface area contributed by atoms with E-state index in [4.69, 9.17) is 11.6 Å². The van der Waals surface area contributed by atoms with Crippen LogP contribution in [-0.4, -0.2) is 23.8 Å². The Morgan fingerprint density at radius 2 is 2.38 bits per heavy atom. The van der Waals surface area contributed by atoms with E-state index in [1.54, 1.807) is 12.1 Å². The van der Waals surface area contributed by atoms with E-state index in [0.717, 1.165) is 19.4 Å². The van der Waals surface area contributed by atoms with Gasteiger partial charge in [0.15, 0.2) is 0 Å². The first-order valence-corrected chi connectivity index (χ1v) is 5.90. The zero-order valence-corrected chi connectivity index (χ0v) is 9.67. The lowest BCUT2D eigenvalue weighted by Gasteiger charge is -2.19. The first-order valence-electron chi connectivity index (χ1n) is 5.53. The van der Waals surface area contributed by atoms with Crippen LogP contribution in [-0.2, 0) is 6.42 Å². The predicted molar refractivity (Wildman–Crippen MR) is 62.1 cm³/mol. The summed E-state index contributed by atoms with van der Waals surface area (Å²) in [6.45, 7) is 0.923. The van der Waals surface area contributed by atoms with Crippen LogP contribution < -0.4 is 5.32 Å². The van der Waals surface area contributed by atoms with Crippen molar-refractivity contribution in [3.63, 3.8) is 0 Å². The van der Waals surface area contributed by atoms with Crippen LogP contribution in [0.15, 0.2) is 18.2 Å². The molecule has 88 valence electrons. The van der Waals surface area contributed by atoms with E-state index < -0.39 is 6.10 Å². The van der Waals surface area contributed by atoms with Gasteiger partial charge in [-0.2, -0.15) is 0 Å². The van der Waals surface area contributed by atoms with Gasteiger partial charge in [0.2, 0.25) is 0 Å². The van der Waals surface area contributed by atoms with E-state index in [9.17, 15) is 9.50 Å². The Kier molecular flexibility index (Phi) is 3.79. The molecule has 1 aliphatic rings. The summed E-state index contributed by atoms with van der Waals surface area (Å²) >= 11 is 5.91. The first-order chi connectivity index (χ1) is 7.68. The van der Waals surface area contributed by atoms with E-state index in [1.807, 2.05) is 0 Å². The number of benzene rings is 1. The molecule has 0 amide bonds. The third-order valence-electron chi connectivity index (χ3n) is 3.04. The minimum Gasteiger partial charge on any atom is -0.391 e. The minimum absolute atomic E-state index is 0.0654. The molecule has 0 spiro atoms. The largest absolute Gasteiger partial charge is 0.391 e. The number of aliphatic hydroxyl groups is 1. The molecule has 0 aliphatic carbocycles. The highest BCUT2D eigenvalue weighted by Crippen LogP contribution is 2.22. The van der Waals surface area contributed by atoms with E-state index in [-0.39, 0.29) is 18.3 Å². The number of rotatable bonds is 3. The summed E-state index contributed by atoms with van der Waals surface area (Å²) in [4.78, 5) is 0. The van der Waals surface area contributed by atoms with Gasteiger partial charge in [0.05, 0.1) is 6.10 Å². The molecule has 2 rings (SSSR count). The van der Waals surface area contributed by atoms with Crippen LogP contribution >= 0.6 is 11.6 Å². The summed E-state index contributed by atoms with van der Waals surface area (Å²) in [6, 6.07) is 4.65. The van der Waals surface area contributed by atoms with Crippen molar-refractivity contribution >= 4 is 11.6 Å². The van der Waals surface area contributed by atoms with Gasteiger partial charge in [0.25, 0.3) is 0 Å². The van der Waals surface area contributed by atoms with Crippen molar-refractivity contribution in [3.05, 3.63) is 34.6 Å². The lowest BCUT2D eigenvalue weighted by atomic mass is 10.0. The monoisotopic (exact) mass is 243 g/mol. The van der Waals surface area contributed by atoms with E-state index in [2.05, 4.69) is 5.32 Å². The van der Waals surface area contributed by atoms with Gasteiger partial charge in [0, 0.05) is 23.0 Å². The number of nitrogens with one attached hydrogen (secondary N) is 1. The summed E-state index contributed by atoms with van der Waals surface area (Å²) in [5.74, 6) is -0.343. The number of hydrogen-bond donors (Lipinski definition) is 2. The Labute approximate surface area is 99.4 Å². The summed E-state index contributed by atoms with van der Waals surface area (Å²) in [7, 11) is 0. The summed E-state index contributed by atoms with van der Waals surface area (Å²) in [5.41, 5.74) is 0.408. The average molecular weight is 244 g/mol. The van der Waals surface area contributed by atoms with Gasteiger partial charge in [-0.15, -0.1) is 0 Å². The van der Waals surface area contributed by atoms with Crippen LogP contribution in [0.2, 0.25) is 5.02 Å². The van der Waals surface area contributed by atoms with Crippen LogP contribution in [0.3, 0.4) is 0 Å². The highest BCUT2D eigenvalue weighted by Gasteiger charge is 2.24. The molecule has 4 heteroatoms. The molecule has 1 aromatic rings. The predicted octanol–water partition coefficient (Wildman–Crippen LogP) is 2.13. The average Bonchev–Trinajstić information content (AvgIpc) is 2.76. The Balaban J connectivity index is 2.07. The zero-order valence-electron chi connectivity index (χ0n) is 8.92. The molecule has 0 radical (unpaired) electrons. The van der Waals surface area contributed by atoms with Crippen molar-refractivity contribution in [1.29, 1.82) is 0 Å². The smallest absolute Gasteiger partial charge is 0.127 e. The molecule has 1 fully saturated rings. The normalized spacial score (nSPS) is 22.3. The molecule has 0 aromatic heterocycles. The topological polar surface area (TPSA) is 32.3 Å². The molecule has 1 saturated heterocycles. The molecule has 2 atom stereocenters. The van der Waals surface area contributed by atoms with Crippen LogP contribution in [0.4, 0.5) is 4.39 Å². The lowest BCUT2D eigenvalue weighted by molar-refractivity contribution is 0.135. The molecule has 0 saturated carbocycles. The van der Waals surface area contributed by atoms with Gasteiger partial charge in [-0.3, -0.25) is 0 Å². The summed E-state index contributed by atoms with van der Waals surface area (Å²) in [5, 5.41) is 13.5. The van der Waals surface area contributed by atoms with Crippen LogP contribution in [0, 0.1) is 5.82 Å². The van der Waals surface area contributed by atoms with Gasteiger partial charge >= 0.3 is 0 Å². The molecule has 1 heterocycles. The van der Waals surface area contributed by atoms with Crippen molar-refractivity contribution in [2.45, 2.75) is 31.4 Å². The maximum absolute atomic E-state index is 13.5. The maximum atomic E-state index is 13.5. The second-order valence-electron chi connectivity index (χ2n) is 4.17. The van der Waals surface area contributed by atoms with Gasteiger partial charge in [-0.25, -0.2) is 4.39 Å². The van der Waals surface area contributed by atoms with Crippen LogP contribution in [0.5, 0.6) is 0 Å².